The van der Waals surface area contributed by atoms with Crippen LogP contribution in [0, 0.1) is 11.7 Å². The van der Waals surface area contributed by atoms with Gasteiger partial charge < -0.3 is 4.57 Å². The molecule has 0 saturated carbocycles. The molecule has 12 heteroatoms. The van der Waals surface area contributed by atoms with E-state index in [1.807, 2.05) is 10.6 Å². The Labute approximate surface area is 221 Å². The Morgan fingerprint density at radius 1 is 1.09 bits per heavy atom. The average Bonchev–Trinajstić information content (AvgIpc) is 3.10. The number of carbonyl (C=O) groups excluding carboxylic acids is 1. The van der Waals surface area contributed by atoms with Gasteiger partial charge in [-0.3, -0.25) is 9.69 Å². The van der Waals surface area contributed by atoms with Crippen molar-refractivity contribution in [2.24, 2.45) is 10.9 Å². The minimum atomic E-state index is -4.37. The smallest absolute Gasteiger partial charge is 0.316 e. The Morgan fingerprint density at radius 2 is 1.74 bits per heavy atom. The number of likely N-dealkylation sites (tertiary alicyclic amines) is 1. The number of nitrogens with zero attached hydrogens (tertiary/aromatic N) is 3. The van der Waals surface area contributed by atoms with Crippen molar-refractivity contribution in [2.75, 3.05) is 26.2 Å². The van der Waals surface area contributed by atoms with Crippen LogP contribution in [0.25, 0.3) is 10.2 Å². The lowest BCUT2D eigenvalue weighted by Gasteiger charge is -2.31. The fraction of sp³-hybridized carbons (Fsp3) is 0.391. The van der Waals surface area contributed by atoms with Crippen molar-refractivity contribution in [3.63, 3.8) is 0 Å². The van der Waals surface area contributed by atoms with E-state index in [0.717, 1.165) is 23.1 Å². The molecule has 0 amide bonds. The minimum absolute atomic E-state index is 0. The molecular formula is C23H24Cl3F4N3OS. The van der Waals surface area contributed by atoms with Gasteiger partial charge in [0.25, 0.3) is 0 Å². The van der Waals surface area contributed by atoms with E-state index in [9.17, 15) is 22.4 Å². The van der Waals surface area contributed by atoms with Crippen LogP contribution in [0.5, 0.6) is 0 Å². The Kier molecular flexibility index (Phi) is 10.6. The second kappa shape index (κ2) is 12.5. The summed E-state index contributed by atoms with van der Waals surface area (Å²) in [6, 6.07) is 10.8. The van der Waals surface area contributed by atoms with E-state index in [2.05, 4.69) is 9.89 Å². The van der Waals surface area contributed by atoms with Gasteiger partial charge in [0.05, 0.1) is 16.8 Å². The number of hydrogen-bond acceptors (Lipinski definition) is 4. The van der Waals surface area contributed by atoms with Crippen LogP contribution in [0.2, 0.25) is 5.02 Å². The molecule has 35 heavy (non-hydrogen) atoms. The van der Waals surface area contributed by atoms with E-state index in [-0.39, 0.29) is 48.9 Å². The first-order valence-corrected chi connectivity index (χ1v) is 11.7. The molecule has 0 bridgehead atoms. The SMILES string of the molecule is Cl.Cl.O=C(CN1CCC(Cn2c(=NCC(F)(F)F)sc3cc(Cl)ccc32)CC1)c1ccc(F)cc1. The highest BCUT2D eigenvalue weighted by molar-refractivity contribution is 7.16. The van der Waals surface area contributed by atoms with E-state index in [0.29, 0.717) is 35.0 Å². The van der Waals surface area contributed by atoms with Crippen LogP contribution in [-0.4, -0.2) is 47.6 Å². The number of halogens is 7. The minimum Gasteiger partial charge on any atom is -0.316 e. The van der Waals surface area contributed by atoms with Gasteiger partial charge in [-0.15, -0.1) is 24.8 Å². The van der Waals surface area contributed by atoms with Crippen molar-refractivity contribution in [2.45, 2.75) is 25.6 Å². The van der Waals surface area contributed by atoms with Crippen molar-refractivity contribution >= 4 is 63.8 Å². The fourth-order valence-electron chi connectivity index (χ4n) is 4.02. The van der Waals surface area contributed by atoms with Gasteiger partial charge in [-0.2, -0.15) is 13.2 Å². The molecule has 2 aromatic carbocycles. The van der Waals surface area contributed by atoms with Crippen LogP contribution in [0.4, 0.5) is 17.6 Å². The number of hydrogen-bond donors (Lipinski definition) is 0. The molecule has 1 saturated heterocycles. The van der Waals surface area contributed by atoms with Gasteiger partial charge in [-0.1, -0.05) is 22.9 Å². The molecule has 1 aliphatic rings. The molecule has 0 radical (unpaired) electrons. The first kappa shape index (κ1) is 29.6. The average molecular weight is 573 g/mol. The number of rotatable bonds is 6. The number of aromatic nitrogens is 1. The number of thiazole rings is 1. The summed E-state index contributed by atoms with van der Waals surface area (Å²) in [6.07, 6.45) is -2.74. The van der Waals surface area contributed by atoms with Gasteiger partial charge in [0.15, 0.2) is 10.6 Å². The summed E-state index contributed by atoms with van der Waals surface area (Å²) in [7, 11) is 0. The standard InChI is InChI=1S/C23H22ClF4N3OS.2ClH/c24-17-3-6-19-21(11-17)33-22(29-14-23(26,27)28)31(19)12-15-7-9-30(10-8-15)13-20(32)16-1-4-18(25)5-2-16;;/h1-6,11,15H,7-10,12-14H2;2*1H. The summed E-state index contributed by atoms with van der Waals surface area (Å²) in [4.78, 5) is 18.7. The monoisotopic (exact) mass is 571 g/mol. The van der Waals surface area contributed by atoms with Crippen LogP contribution < -0.4 is 4.80 Å². The molecule has 1 aromatic heterocycles. The van der Waals surface area contributed by atoms with Crippen molar-refractivity contribution < 1.29 is 22.4 Å². The maximum absolute atomic E-state index is 13.1. The van der Waals surface area contributed by atoms with Crippen LogP contribution in [-0.2, 0) is 6.54 Å². The molecule has 0 spiro atoms. The Hall–Kier alpha value is -1.65. The second-order valence-electron chi connectivity index (χ2n) is 8.19. The lowest BCUT2D eigenvalue weighted by atomic mass is 9.96. The number of Topliss-reactive ketones (excluding diaryl/α,β-unsaturated/α-hetero) is 1. The summed E-state index contributed by atoms with van der Waals surface area (Å²) >= 11 is 7.27. The molecule has 4 nitrogen and oxygen atoms in total. The van der Waals surface area contributed by atoms with E-state index in [1.165, 1.54) is 35.6 Å². The van der Waals surface area contributed by atoms with E-state index in [1.54, 1.807) is 12.1 Å². The van der Waals surface area contributed by atoms with Crippen molar-refractivity contribution in [3.8, 4) is 0 Å². The molecule has 2 heterocycles. The quantitative estimate of drug-likeness (QED) is 0.253. The highest BCUT2D eigenvalue weighted by Crippen LogP contribution is 2.26. The lowest BCUT2D eigenvalue weighted by Crippen LogP contribution is -2.39. The molecule has 0 aliphatic carbocycles. The van der Waals surface area contributed by atoms with Gasteiger partial charge in [-0.05, 0) is 74.3 Å². The molecule has 0 N–H and O–H groups in total. The number of alkyl halides is 3. The molecule has 0 atom stereocenters. The first-order chi connectivity index (χ1) is 15.7. The van der Waals surface area contributed by atoms with Crippen LogP contribution >= 0.6 is 47.8 Å². The van der Waals surface area contributed by atoms with Gasteiger partial charge >= 0.3 is 6.18 Å². The number of fused-ring (bicyclic) bond motifs is 1. The third kappa shape index (κ3) is 7.92. The topological polar surface area (TPSA) is 37.6 Å². The summed E-state index contributed by atoms with van der Waals surface area (Å²) in [5.41, 5.74) is 1.30. The van der Waals surface area contributed by atoms with E-state index < -0.39 is 12.7 Å². The molecule has 192 valence electrons. The number of ketones is 1. The third-order valence-electron chi connectivity index (χ3n) is 5.72. The Bertz CT molecular complexity index is 1200. The van der Waals surface area contributed by atoms with Crippen molar-refractivity contribution in [3.05, 3.63) is 63.7 Å². The molecule has 4 rings (SSSR count). The zero-order chi connectivity index (χ0) is 23.6. The molecule has 0 unspecified atom stereocenters. The molecule has 1 fully saturated rings. The van der Waals surface area contributed by atoms with Gasteiger partial charge in [-0.25, -0.2) is 9.38 Å². The van der Waals surface area contributed by atoms with E-state index >= 15 is 0 Å². The molecule has 3 aromatic rings. The van der Waals surface area contributed by atoms with Crippen LogP contribution in [0.1, 0.15) is 23.2 Å². The first-order valence-electron chi connectivity index (χ1n) is 10.6. The zero-order valence-electron chi connectivity index (χ0n) is 18.4. The van der Waals surface area contributed by atoms with Crippen LogP contribution in [0.3, 0.4) is 0 Å². The Morgan fingerprint density at radius 3 is 2.37 bits per heavy atom. The molecular weight excluding hydrogens is 549 g/mol. The Balaban J connectivity index is 0.00000216. The predicted octanol–water partition coefficient (Wildman–Crippen LogP) is 6.40. The van der Waals surface area contributed by atoms with Gasteiger partial charge in [0.1, 0.15) is 12.4 Å². The second-order valence-corrected chi connectivity index (χ2v) is 9.63. The maximum atomic E-state index is 13.1. The summed E-state index contributed by atoms with van der Waals surface area (Å²) in [5.74, 6) is -0.188. The number of benzene rings is 2. The summed E-state index contributed by atoms with van der Waals surface area (Å²) in [5, 5.41) is 0.525. The number of carbonyl (C=O) groups is 1. The predicted molar refractivity (Wildman–Crippen MR) is 136 cm³/mol. The molecule has 1 aliphatic heterocycles. The lowest BCUT2D eigenvalue weighted by molar-refractivity contribution is -0.118. The highest BCUT2D eigenvalue weighted by Gasteiger charge is 2.27. The van der Waals surface area contributed by atoms with Gasteiger partial charge in [0, 0.05) is 17.1 Å². The largest absolute Gasteiger partial charge is 0.408 e. The normalized spacial score (nSPS) is 15.6. The van der Waals surface area contributed by atoms with Gasteiger partial charge in [0.2, 0.25) is 0 Å². The summed E-state index contributed by atoms with van der Waals surface area (Å²) < 4.78 is 54.0. The van der Waals surface area contributed by atoms with Crippen LogP contribution in [0.15, 0.2) is 47.5 Å². The summed E-state index contributed by atoms with van der Waals surface area (Å²) in [6.45, 7) is 1.01. The maximum Gasteiger partial charge on any atom is 0.408 e. The number of piperidine rings is 1. The zero-order valence-corrected chi connectivity index (χ0v) is 21.6. The van der Waals surface area contributed by atoms with Crippen molar-refractivity contribution in [1.82, 2.24) is 9.47 Å². The highest BCUT2D eigenvalue weighted by atomic mass is 35.5. The van der Waals surface area contributed by atoms with Crippen molar-refractivity contribution in [1.29, 1.82) is 0 Å². The third-order valence-corrected chi connectivity index (χ3v) is 7.03. The fourth-order valence-corrected chi connectivity index (χ4v) is 5.33. The van der Waals surface area contributed by atoms with E-state index in [4.69, 9.17) is 11.6 Å².